The van der Waals surface area contributed by atoms with Crippen molar-refractivity contribution in [2.45, 2.75) is 51.7 Å². The third-order valence-corrected chi connectivity index (χ3v) is 6.82. The number of primary amides is 1. The van der Waals surface area contributed by atoms with Gasteiger partial charge in [0.05, 0.1) is 33.8 Å². The van der Waals surface area contributed by atoms with Gasteiger partial charge in [-0.05, 0) is 48.2 Å². The number of nitrogens with one attached hydrogen (secondary N) is 1. The number of nitrogens with zero attached hydrogens (tertiary/aromatic N) is 2. The first-order chi connectivity index (χ1) is 15.0. The van der Waals surface area contributed by atoms with E-state index in [0.29, 0.717) is 5.69 Å². The van der Waals surface area contributed by atoms with Gasteiger partial charge in [-0.3, -0.25) is 14.3 Å². The highest BCUT2D eigenvalue weighted by molar-refractivity contribution is 9.10. The molecule has 1 aliphatic carbocycles. The average molecular weight is 537 g/mol. The molecule has 3 N–H and O–H groups in total. The van der Waals surface area contributed by atoms with Crippen molar-refractivity contribution in [2.75, 3.05) is 11.9 Å². The maximum atomic E-state index is 13.2. The molecule has 0 saturated heterocycles. The summed E-state index contributed by atoms with van der Waals surface area (Å²) in [6, 6.07) is 0. The second-order valence-corrected chi connectivity index (χ2v) is 9.00. The summed E-state index contributed by atoms with van der Waals surface area (Å²) in [5.74, 6) is -2.07. The van der Waals surface area contributed by atoms with Gasteiger partial charge < -0.3 is 15.8 Å². The maximum absolute atomic E-state index is 13.2. The molecule has 8 nitrogen and oxygen atoms in total. The minimum Gasteiger partial charge on any atom is -0.462 e. The Bertz CT molecular complexity index is 1080. The first-order valence-corrected chi connectivity index (χ1v) is 11.3. The highest BCUT2D eigenvalue weighted by Gasteiger charge is 2.41. The summed E-state index contributed by atoms with van der Waals surface area (Å²) in [4.78, 5) is 36.6. The summed E-state index contributed by atoms with van der Waals surface area (Å²) in [6.45, 7) is 3.13. The largest absolute Gasteiger partial charge is 0.462 e. The SMILES string of the molecule is CCOC(=O)c1c(NC(=O)CCn2nc(C(F)(F)F)c(Br)c2C2CC2)sc(C(N)=O)c1C. The van der Waals surface area contributed by atoms with Crippen LogP contribution in [-0.2, 0) is 22.3 Å². The van der Waals surface area contributed by atoms with E-state index < -0.39 is 29.7 Å². The Balaban J connectivity index is 1.80. The van der Waals surface area contributed by atoms with E-state index in [1.54, 1.807) is 6.92 Å². The van der Waals surface area contributed by atoms with Crippen LogP contribution in [0.5, 0.6) is 0 Å². The van der Waals surface area contributed by atoms with Gasteiger partial charge in [-0.2, -0.15) is 18.3 Å². The molecule has 1 aliphatic rings. The van der Waals surface area contributed by atoms with Crippen LogP contribution in [-0.4, -0.2) is 34.2 Å². The number of esters is 1. The van der Waals surface area contributed by atoms with Crippen LogP contribution < -0.4 is 11.1 Å². The number of carbonyl (C=O) groups is 3. The number of hydrogen-bond donors (Lipinski definition) is 2. The fourth-order valence-electron chi connectivity index (χ4n) is 3.23. The van der Waals surface area contributed by atoms with E-state index in [0.717, 1.165) is 24.2 Å². The summed E-state index contributed by atoms with van der Waals surface area (Å²) in [7, 11) is 0. The van der Waals surface area contributed by atoms with Crippen molar-refractivity contribution in [3.05, 3.63) is 31.9 Å². The lowest BCUT2D eigenvalue weighted by molar-refractivity contribution is -0.142. The normalized spacial score (nSPS) is 13.8. The molecule has 0 bridgehead atoms. The Morgan fingerprint density at radius 1 is 1.34 bits per heavy atom. The topological polar surface area (TPSA) is 116 Å². The highest BCUT2D eigenvalue weighted by atomic mass is 79.9. The summed E-state index contributed by atoms with van der Waals surface area (Å²) < 4.78 is 45.8. The minimum absolute atomic E-state index is 0.0267. The molecule has 1 saturated carbocycles. The molecule has 0 aromatic carbocycles. The molecule has 2 amide bonds. The van der Waals surface area contributed by atoms with Crippen molar-refractivity contribution in [1.29, 1.82) is 0 Å². The molecule has 0 unspecified atom stereocenters. The van der Waals surface area contributed by atoms with Gasteiger partial charge in [0.25, 0.3) is 5.91 Å². The second kappa shape index (κ2) is 9.22. The number of rotatable bonds is 8. The Hall–Kier alpha value is -2.41. The maximum Gasteiger partial charge on any atom is 0.436 e. The smallest absolute Gasteiger partial charge is 0.436 e. The molecule has 1 fully saturated rings. The predicted octanol–water partition coefficient (Wildman–Crippen LogP) is 4.22. The zero-order valence-electron chi connectivity index (χ0n) is 17.1. The molecule has 0 atom stereocenters. The van der Waals surface area contributed by atoms with Crippen LogP contribution >= 0.6 is 27.3 Å². The van der Waals surface area contributed by atoms with Crippen LogP contribution in [0.3, 0.4) is 0 Å². The van der Waals surface area contributed by atoms with Crippen LogP contribution in [0.1, 0.15) is 69.1 Å². The summed E-state index contributed by atoms with van der Waals surface area (Å²) >= 11 is 3.85. The monoisotopic (exact) mass is 536 g/mol. The van der Waals surface area contributed by atoms with E-state index in [2.05, 4.69) is 26.3 Å². The zero-order valence-corrected chi connectivity index (χ0v) is 19.5. The molecule has 0 radical (unpaired) electrons. The molecule has 3 rings (SSSR count). The number of thiophene rings is 1. The number of hydrogen-bond acceptors (Lipinski definition) is 6. The molecule has 2 aromatic heterocycles. The highest BCUT2D eigenvalue weighted by Crippen LogP contribution is 2.47. The van der Waals surface area contributed by atoms with Crippen molar-refractivity contribution in [1.82, 2.24) is 9.78 Å². The molecule has 13 heteroatoms. The summed E-state index contributed by atoms with van der Waals surface area (Å²) in [5, 5.41) is 6.31. The number of anilines is 1. The molecule has 174 valence electrons. The van der Waals surface area contributed by atoms with Crippen LogP contribution in [0.4, 0.5) is 18.2 Å². The number of aromatic nitrogens is 2. The van der Waals surface area contributed by atoms with Crippen molar-refractivity contribution in [3.8, 4) is 0 Å². The Labute approximate surface area is 193 Å². The van der Waals surface area contributed by atoms with Crippen molar-refractivity contribution >= 4 is 50.1 Å². The number of alkyl halides is 3. The van der Waals surface area contributed by atoms with E-state index in [1.807, 2.05) is 0 Å². The van der Waals surface area contributed by atoms with Crippen LogP contribution in [0.25, 0.3) is 0 Å². The van der Waals surface area contributed by atoms with Gasteiger partial charge in [-0.25, -0.2) is 4.79 Å². The van der Waals surface area contributed by atoms with Crippen molar-refractivity contribution in [3.63, 3.8) is 0 Å². The van der Waals surface area contributed by atoms with Crippen LogP contribution in [0, 0.1) is 6.92 Å². The Morgan fingerprint density at radius 3 is 2.53 bits per heavy atom. The lowest BCUT2D eigenvalue weighted by Gasteiger charge is -2.09. The van der Waals surface area contributed by atoms with Gasteiger partial charge >= 0.3 is 12.1 Å². The van der Waals surface area contributed by atoms with Gasteiger partial charge in [-0.1, -0.05) is 0 Å². The van der Waals surface area contributed by atoms with Crippen molar-refractivity contribution in [2.24, 2.45) is 5.73 Å². The number of amides is 2. The van der Waals surface area contributed by atoms with Crippen LogP contribution in [0.2, 0.25) is 0 Å². The minimum atomic E-state index is -4.62. The fourth-order valence-corrected chi connectivity index (χ4v) is 5.13. The van der Waals surface area contributed by atoms with E-state index >= 15 is 0 Å². The molecule has 2 heterocycles. The zero-order chi connectivity index (χ0) is 23.8. The first-order valence-electron chi connectivity index (χ1n) is 9.69. The Kier molecular flexibility index (Phi) is 6.98. The number of carbonyl (C=O) groups excluding carboxylic acids is 3. The van der Waals surface area contributed by atoms with Gasteiger partial charge in [0.1, 0.15) is 5.00 Å². The standard InChI is InChI=1S/C19H20BrF3N4O4S/c1-3-31-18(30)11-8(2)14(16(24)29)32-17(11)25-10(28)6-7-27-13(9-4-5-9)12(20)15(26-27)19(21,22)23/h9H,3-7H2,1-2H3,(H2,24,29)(H,25,28). The van der Waals surface area contributed by atoms with Gasteiger partial charge in [0.2, 0.25) is 5.91 Å². The number of nitrogens with two attached hydrogens (primary N) is 1. The molecular weight excluding hydrogens is 517 g/mol. The van der Waals surface area contributed by atoms with E-state index in [4.69, 9.17) is 10.5 Å². The van der Waals surface area contributed by atoms with E-state index in [9.17, 15) is 27.6 Å². The predicted molar refractivity (Wildman–Crippen MR) is 114 cm³/mol. The van der Waals surface area contributed by atoms with E-state index in [-0.39, 0.29) is 51.0 Å². The molecule has 32 heavy (non-hydrogen) atoms. The van der Waals surface area contributed by atoms with E-state index in [1.165, 1.54) is 11.6 Å². The lowest BCUT2D eigenvalue weighted by atomic mass is 10.1. The number of ether oxygens (including phenoxy) is 1. The summed E-state index contributed by atoms with van der Waals surface area (Å²) in [6.07, 6.45) is -3.32. The lowest BCUT2D eigenvalue weighted by Crippen LogP contribution is -2.18. The third kappa shape index (κ3) is 4.98. The molecular formula is C19H20BrF3N4O4S. The molecule has 2 aromatic rings. The van der Waals surface area contributed by atoms with Crippen molar-refractivity contribution < 1.29 is 32.3 Å². The van der Waals surface area contributed by atoms with Gasteiger partial charge in [0, 0.05) is 12.3 Å². The number of halogens is 4. The second-order valence-electron chi connectivity index (χ2n) is 7.19. The molecule has 0 spiro atoms. The molecule has 0 aliphatic heterocycles. The average Bonchev–Trinajstić information content (AvgIpc) is 3.38. The number of aryl methyl sites for hydroxylation is 1. The summed E-state index contributed by atoms with van der Waals surface area (Å²) in [5.41, 5.74) is 5.05. The first kappa shape index (κ1) is 24.2. The van der Waals surface area contributed by atoms with Gasteiger partial charge in [-0.15, -0.1) is 11.3 Å². The third-order valence-electron chi connectivity index (χ3n) is 4.82. The quantitative estimate of drug-likeness (QED) is 0.490. The fraction of sp³-hybridized carbons (Fsp3) is 0.474. The Morgan fingerprint density at radius 2 is 2.00 bits per heavy atom. The van der Waals surface area contributed by atoms with Crippen LogP contribution in [0.15, 0.2) is 4.47 Å². The van der Waals surface area contributed by atoms with Gasteiger partial charge in [0.15, 0.2) is 5.69 Å².